The number of aromatic nitrogens is 2. The Morgan fingerprint density at radius 2 is 1.64 bits per heavy atom. The Bertz CT molecular complexity index is 2180. The Labute approximate surface area is 261 Å². The Morgan fingerprint density at radius 3 is 2.30 bits per heavy atom. The molecule has 15 heteroatoms. The van der Waals surface area contributed by atoms with Crippen molar-refractivity contribution in [3.8, 4) is 0 Å². The van der Waals surface area contributed by atoms with Gasteiger partial charge in [0.25, 0.3) is 11.8 Å². The predicted octanol–water partition coefficient (Wildman–Crippen LogP) is 4.77. The first-order chi connectivity index (χ1) is 22.3. The number of halogens is 5. The number of nitrogens with two attached hydrogens (primary N) is 1. The molecule has 5 aromatic rings. The van der Waals surface area contributed by atoms with Crippen molar-refractivity contribution in [1.29, 1.82) is 0 Å². The number of fused-ring (bicyclic) bond motifs is 10. The molecule has 4 unspecified atom stereocenters. The van der Waals surface area contributed by atoms with Crippen molar-refractivity contribution in [2.75, 3.05) is 6.67 Å². The molecule has 4 heterocycles. The first-order valence-electron chi connectivity index (χ1n) is 14.8. The van der Waals surface area contributed by atoms with Gasteiger partial charge in [0.05, 0.1) is 39.9 Å². The molecular weight excluding hydrogens is 631 g/mol. The summed E-state index contributed by atoms with van der Waals surface area (Å²) in [6, 6.07) is 2.12. The second-order valence-electron chi connectivity index (χ2n) is 12.3. The van der Waals surface area contributed by atoms with Gasteiger partial charge in [0.2, 0.25) is 0 Å². The quantitative estimate of drug-likeness (QED) is 0.117. The van der Waals surface area contributed by atoms with Crippen molar-refractivity contribution in [1.82, 2.24) is 14.9 Å². The van der Waals surface area contributed by atoms with Crippen molar-refractivity contribution in [2.45, 2.75) is 57.3 Å². The lowest BCUT2D eigenvalue weighted by Crippen LogP contribution is -2.50. The van der Waals surface area contributed by atoms with Gasteiger partial charge in [-0.05, 0) is 24.5 Å². The monoisotopic (exact) mass is 658 g/mol. The number of hydrogen-bond acceptors (Lipinski definition) is 7. The summed E-state index contributed by atoms with van der Waals surface area (Å²) in [4.78, 5) is 42.6. The largest absolute Gasteiger partial charge is 0.454 e. The SMILES string of the molecule is CC(C)C[C@@H](N)C(=O)OC1C(O)CC(CF)OC1n1c2cc(F)c(F)cc2c2c3c(c4c5cc(F)c(F)cc5[nH]c4c21)C(=O)NC3=O. The number of aromatic amines is 1. The van der Waals surface area contributed by atoms with Gasteiger partial charge in [0.1, 0.15) is 12.7 Å². The van der Waals surface area contributed by atoms with E-state index >= 15 is 0 Å². The van der Waals surface area contributed by atoms with E-state index in [4.69, 9.17) is 15.2 Å². The second kappa shape index (κ2) is 11.0. The Morgan fingerprint density at radius 1 is 1.02 bits per heavy atom. The van der Waals surface area contributed by atoms with Crippen molar-refractivity contribution >= 4 is 61.4 Å². The number of hydrogen-bond donors (Lipinski definition) is 4. The molecule has 2 aromatic heterocycles. The van der Waals surface area contributed by atoms with Gasteiger partial charge >= 0.3 is 5.97 Å². The third-order valence-corrected chi connectivity index (χ3v) is 8.76. The van der Waals surface area contributed by atoms with E-state index in [0.717, 1.165) is 24.3 Å². The molecule has 0 bridgehead atoms. The molecule has 1 fully saturated rings. The minimum atomic E-state index is -1.64. The molecule has 0 aliphatic carbocycles. The number of benzene rings is 3. The lowest BCUT2D eigenvalue weighted by molar-refractivity contribution is -0.217. The number of ether oxygens (including phenoxy) is 2. The topological polar surface area (TPSA) is 149 Å². The van der Waals surface area contributed by atoms with Gasteiger partial charge in [-0.15, -0.1) is 0 Å². The van der Waals surface area contributed by atoms with Crippen LogP contribution in [0.3, 0.4) is 0 Å². The van der Waals surface area contributed by atoms with Crippen LogP contribution >= 0.6 is 0 Å². The molecule has 1 saturated heterocycles. The van der Waals surface area contributed by atoms with E-state index in [1.165, 1.54) is 4.57 Å². The van der Waals surface area contributed by atoms with Gasteiger partial charge in [-0.25, -0.2) is 22.0 Å². The molecule has 2 aliphatic heterocycles. The van der Waals surface area contributed by atoms with Crippen LogP contribution in [-0.4, -0.2) is 63.5 Å². The second-order valence-corrected chi connectivity index (χ2v) is 12.3. The van der Waals surface area contributed by atoms with Crippen molar-refractivity contribution in [3.63, 3.8) is 0 Å². The number of carbonyl (C=O) groups is 3. The number of nitrogens with one attached hydrogen (secondary N) is 2. The van der Waals surface area contributed by atoms with Crippen LogP contribution in [0.2, 0.25) is 0 Å². The molecule has 10 nitrogen and oxygen atoms in total. The van der Waals surface area contributed by atoms with E-state index in [2.05, 4.69) is 10.3 Å². The third kappa shape index (κ3) is 4.66. The van der Waals surface area contributed by atoms with E-state index in [-0.39, 0.29) is 73.5 Å². The van der Waals surface area contributed by atoms with Crippen molar-refractivity contribution < 1.29 is 50.9 Å². The normalized spacial score (nSPS) is 22.2. The summed E-state index contributed by atoms with van der Waals surface area (Å²) < 4.78 is 86.0. The minimum absolute atomic E-state index is 0.00350. The average Bonchev–Trinajstić information content (AvgIpc) is 3.62. The van der Waals surface area contributed by atoms with Crippen LogP contribution in [0.1, 0.15) is 53.6 Å². The smallest absolute Gasteiger partial charge is 0.323 e. The average molecular weight is 659 g/mol. The molecule has 246 valence electrons. The highest BCUT2D eigenvalue weighted by Gasteiger charge is 2.45. The van der Waals surface area contributed by atoms with E-state index in [1.807, 2.05) is 13.8 Å². The van der Waals surface area contributed by atoms with Crippen molar-refractivity contribution in [2.24, 2.45) is 11.7 Å². The molecule has 2 aliphatic rings. The number of nitrogens with zero attached hydrogens (tertiary/aromatic N) is 1. The Kier molecular flexibility index (Phi) is 7.26. The van der Waals surface area contributed by atoms with E-state index in [0.29, 0.717) is 0 Å². The molecule has 0 radical (unpaired) electrons. The highest BCUT2D eigenvalue weighted by Crippen LogP contribution is 2.47. The molecule has 5 atom stereocenters. The standard InChI is InChI=1S/C32H27F5N4O6/c1-10(2)3-18(38)32(45)47-28-21(42)4-11(9-33)46-31(28)41-20-8-17(37)15(35)6-13(20)23-25-24(29(43)40-30(25)44)22-12-5-14(34)16(36)7-19(12)39-26(22)27(23)41/h5-8,10-11,18,21,28,31,39,42H,3-4,9,38H2,1-2H3,(H,40,43,44)/t11?,18-,21?,28?,31?/m1/s1. The van der Waals surface area contributed by atoms with E-state index in [9.17, 15) is 41.4 Å². The minimum Gasteiger partial charge on any atom is -0.454 e. The lowest BCUT2D eigenvalue weighted by Gasteiger charge is -2.40. The van der Waals surface area contributed by atoms with Crippen LogP contribution in [0.5, 0.6) is 0 Å². The molecule has 0 saturated carbocycles. The zero-order valence-corrected chi connectivity index (χ0v) is 24.8. The van der Waals surface area contributed by atoms with Crippen LogP contribution in [0.4, 0.5) is 22.0 Å². The Hall–Kier alpha value is -4.60. The number of H-pyrrole nitrogens is 1. The van der Waals surface area contributed by atoms with E-state index in [1.54, 1.807) is 0 Å². The van der Waals surface area contributed by atoms with Crippen LogP contribution in [0, 0.1) is 29.2 Å². The number of esters is 1. The zero-order valence-electron chi connectivity index (χ0n) is 24.8. The van der Waals surface area contributed by atoms with Crippen LogP contribution in [0.15, 0.2) is 24.3 Å². The molecule has 7 rings (SSSR count). The number of rotatable bonds is 6. The number of aliphatic hydroxyl groups excluding tert-OH is 1. The molecule has 5 N–H and O–H groups in total. The highest BCUT2D eigenvalue weighted by atomic mass is 19.2. The Balaban J connectivity index is 1.61. The maximum Gasteiger partial charge on any atom is 0.323 e. The van der Waals surface area contributed by atoms with Gasteiger partial charge in [-0.1, -0.05) is 13.8 Å². The van der Waals surface area contributed by atoms with Crippen LogP contribution < -0.4 is 11.1 Å². The lowest BCUT2D eigenvalue weighted by atomic mass is 9.96. The maximum absolute atomic E-state index is 15.0. The molecule has 0 spiro atoms. The van der Waals surface area contributed by atoms with Gasteiger partial charge in [-0.2, -0.15) is 0 Å². The molecular formula is C32H27F5N4O6. The fourth-order valence-corrected chi connectivity index (χ4v) is 6.82. The fourth-order valence-electron chi connectivity index (χ4n) is 6.82. The molecule has 2 amide bonds. The first kappa shape index (κ1) is 31.0. The number of carbonyl (C=O) groups excluding carboxylic acids is 3. The number of aliphatic hydroxyl groups is 1. The van der Waals surface area contributed by atoms with Crippen LogP contribution in [-0.2, 0) is 14.3 Å². The summed E-state index contributed by atoms with van der Waals surface area (Å²) in [5.41, 5.74) is 5.32. The summed E-state index contributed by atoms with van der Waals surface area (Å²) in [5.74, 6) is -7.84. The van der Waals surface area contributed by atoms with E-state index < -0.39 is 78.3 Å². The predicted molar refractivity (Wildman–Crippen MR) is 158 cm³/mol. The number of amides is 2. The van der Waals surface area contributed by atoms with Gasteiger partial charge in [0, 0.05) is 45.6 Å². The summed E-state index contributed by atoms with van der Waals surface area (Å²) in [6.07, 6.45) is -6.11. The van der Waals surface area contributed by atoms with Gasteiger partial charge in [0.15, 0.2) is 35.6 Å². The number of imide groups is 1. The summed E-state index contributed by atoms with van der Waals surface area (Å²) in [7, 11) is 0. The maximum atomic E-state index is 15.0. The highest BCUT2D eigenvalue weighted by molar-refractivity contribution is 6.39. The van der Waals surface area contributed by atoms with Crippen LogP contribution in [0.25, 0.3) is 43.6 Å². The first-order valence-corrected chi connectivity index (χ1v) is 14.8. The van der Waals surface area contributed by atoms with Crippen molar-refractivity contribution in [3.05, 3.63) is 58.7 Å². The third-order valence-electron chi connectivity index (χ3n) is 8.76. The summed E-state index contributed by atoms with van der Waals surface area (Å²) in [6.45, 7) is 2.57. The summed E-state index contributed by atoms with van der Waals surface area (Å²) >= 11 is 0. The zero-order chi connectivity index (χ0) is 33.6. The number of alkyl halides is 1. The van der Waals surface area contributed by atoms with Gasteiger partial charge in [-0.3, -0.25) is 19.7 Å². The molecule has 47 heavy (non-hydrogen) atoms. The van der Waals surface area contributed by atoms with Gasteiger partial charge < -0.3 is 29.9 Å². The fraction of sp³-hybridized carbons (Fsp3) is 0.344. The molecule has 3 aromatic carbocycles. The summed E-state index contributed by atoms with van der Waals surface area (Å²) in [5, 5.41) is 13.2.